The van der Waals surface area contributed by atoms with Gasteiger partial charge in [0.2, 0.25) is 5.91 Å². The standard InChI is InChI=1S/C23H43N5O2.HI/c1-2-24-23(26-13-19-30-21-10-5-3-4-6-11-21)25-12-14-27-15-17-28(18-16-27)22(29)20-8-7-9-20;/h20-21H,2-19H2,1H3,(H2,24,25,26);1H. The summed E-state index contributed by atoms with van der Waals surface area (Å²) >= 11 is 0. The Morgan fingerprint density at radius 3 is 2.29 bits per heavy atom. The smallest absolute Gasteiger partial charge is 0.225 e. The second-order valence-corrected chi connectivity index (χ2v) is 8.97. The van der Waals surface area contributed by atoms with Crippen molar-refractivity contribution in [1.29, 1.82) is 0 Å². The minimum absolute atomic E-state index is 0. The van der Waals surface area contributed by atoms with E-state index in [1.807, 2.05) is 0 Å². The van der Waals surface area contributed by atoms with E-state index in [0.717, 1.165) is 77.8 Å². The summed E-state index contributed by atoms with van der Waals surface area (Å²) in [6, 6.07) is 0. The molecule has 1 heterocycles. The van der Waals surface area contributed by atoms with Crippen molar-refractivity contribution in [3.8, 4) is 0 Å². The largest absolute Gasteiger partial charge is 0.376 e. The van der Waals surface area contributed by atoms with Crippen LogP contribution in [0.5, 0.6) is 0 Å². The molecule has 0 radical (unpaired) electrons. The summed E-state index contributed by atoms with van der Waals surface area (Å²) < 4.78 is 6.06. The van der Waals surface area contributed by atoms with Crippen LogP contribution in [0.3, 0.4) is 0 Å². The fraction of sp³-hybridized carbons (Fsp3) is 0.913. The van der Waals surface area contributed by atoms with Crippen LogP contribution in [0.4, 0.5) is 0 Å². The van der Waals surface area contributed by atoms with Crippen LogP contribution >= 0.6 is 24.0 Å². The third kappa shape index (κ3) is 9.42. The van der Waals surface area contributed by atoms with Gasteiger partial charge in [0, 0.05) is 51.7 Å². The third-order valence-corrected chi connectivity index (χ3v) is 6.72. The van der Waals surface area contributed by atoms with E-state index in [1.165, 1.54) is 44.9 Å². The van der Waals surface area contributed by atoms with Gasteiger partial charge in [-0.15, -0.1) is 24.0 Å². The van der Waals surface area contributed by atoms with E-state index in [4.69, 9.17) is 9.73 Å². The number of hydrogen-bond donors (Lipinski definition) is 2. The summed E-state index contributed by atoms with van der Waals surface area (Å²) in [4.78, 5) is 21.6. The predicted octanol–water partition coefficient (Wildman–Crippen LogP) is 2.84. The van der Waals surface area contributed by atoms with Crippen LogP contribution in [0.1, 0.15) is 64.7 Å². The Balaban J connectivity index is 0.00000341. The molecule has 0 spiro atoms. The lowest BCUT2D eigenvalue weighted by Gasteiger charge is -2.38. The quantitative estimate of drug-likeness (QED) is 0.152. The Morgan fingerprint density at radius 1 is 0.968 bits per heavy atom. The van der Waals surface area contributed by atoms with Crippen molar-refractivity contribution < 1.29 is 9.53 Å². The molecule has 2 saturated carbocycles. The summed E-state index contributed by atoms with van der Waals surface area (Å²) in [5.41, 5.74) is 0. The lowest BCUT2D eigenvalue weighted by molar-refractivity contribution is -0.139. The fourth-order valence-electron chi connectivity index (χ4n) is 4.55. The number of piperazine rings is 1. The maximum atomic E-state index is 12.4. The normalized spacial score (nSPS) is 21.7. The highest BCUT2D eigenvalue weighted by molar-refractivity contribution is 14.0. The molecular weight excluding hydrogens is 505 g/mol. The summed E-state index contributed by atoms with van der Waals surface area (Å²) in [5.74, 6) is 1.59. The number of carbonyl (C=O) groups is 1. The van der Waals surface area contributed by atoms with Gasteiger partial charge in [0.05, 0.1) is 19.3 Å². The van der Waals surface area contributed by atoms with Gasteiger partial charge in [-0.05, 0) is 32.6 Å². The van der Waals surface area contributed by atoms with E-state index in [0.29, 0.717) is 17.9 Å². The van der Waals surface area contributed by atoms with E-state index >= 15 is 0 Å². The van der Waals surface area contributed by atoms with Gasteiger partial charge in [-0.1, -0.05) is 32.1 Å². The molecule has 1 saturated heterocycles. The maximum absolute atomic E-state index is 12.4. The van der Waals surface area contributed by atoms with Gasteiger partial charge in [0.15, 0.2) is 5.96 Å². The van der Waals surface area contributed by atoms with Gasteiger partial charge < -0.3 is 20.3 Å². The Kier molecular flexibility index (Phi) is 13.1. The molecular formula is C23H44IN5O2. The van der Waals surface area contributed by atoms with Crippen molar-refractivity contribution in [2.24, 2.45) is 10.9 Å². The number of hydrogen-bond acceptors (Lipinski definition) is 4. The van der Waals surface area contributed by atoms with Gasteiger partial charge in [0.25, 0.3) is 0 Å². The summed E-state index contributed by atoms with van der Waals surface area (Å²) in [5, 5.41) is 6.73. The molecule has 0 atom stereocenters. The molecule has 0 aromatic rings. The van der Waals surface area contributed by atoms with Crippen molar-refractivity contribution in [2.75, 3.05) is 59.0 Å². The van der Waals surface area contributed by atoms with E-state index in [2.05, 4.69) is 27.4 Å². The second-order valence-electron chi connectivity index (χ2n) is 8.97. The molecule has 0 bridgehead atoms. The molecule has 1 amide bonds. The van der Waals surface area contributed by atoms with Crippen molar-refractivity contribution in [3.63, 3.8) is 0 Å². The Morgan fingerprint density at radius 2 is 1.68 bits per heavy atom. The van der Waals surface area contributed by atoms with E-state index in [9.17, 15) is 4.79 Å². The number of rotatable bonds is 9. The Bertz CT molecular complexity index is 528. The van der Waals surface area contributed by atoms with Crippen LogP contribution in [0, 0.1) is 5.92 Å². The Hall–Kier alpha value is -0.610. The molecule has 1 aliphatic heterocycles. The molecule has 2 aliphatic carbocycles. The van der Waals surface area contributed by atoms with E-state index in [1.54, 1.807) is 0 Å². The van der Waals surface area contributed by atoms with Gasteiger partial charge in [0.1, 0.15) is 0 Å². The maximum Gasteiger partial charge on any atom is 0.225 e. The van der Waals surface area contributed by atoms with Crippen molar-refractivity contribution in [2.45, 2.75) is 70.8 Å². The highest BCUT2D eigenvalue weighted by atomic mass is 127. The van der Waals surface area contributed by atoms with Crippen LogP contribution in [-0.2, 0) is 9.53 Å². The molecule has 7 nitrogen and oxygen atoms in total. The number of aliphatic imine (C=N–C) groups is 1. The number of halogens is 1. The Labute approximate surface area is 206 Å². The van der Waals surface area contributed by atoms with E-state index < -0.39 is 0 Å². The van der Waals surface area contributed by atoms with Crippen molar-refractivity contribution >= 4 is 35.8 Å². The first-order valence-electron chi connectivity index (χ1n) is 12.4. The first-order valence-corrected chi connectivity index (χ1v) is 12.4. The molecule has 3 aliphatic rings. The van der Waals surface area contributed by atoms with Crippen LogP contribution < -0.4 is 10.6 Å². The molecule has 0 aromatic heterocycles. The molecule has 0 unspecified atom stereocenters. The first-order chi connectivity index (χ1) is 14.8. The van der Waals surface area contributed by atoms with Crippen LogP contribution in [0.15, 0.2) is 4.99 Å². The van der Waals surface area contributed by atoms with Crippen molar-refractivity contribution in [1.82, 2.24) is 20.4 Å². The minimum atomic E-state index is 0. The summed E-state index contributed by atoms with van der Waals surface area (Å²) in [6.07, 6.45) is 11.6. The molecule has 3 fully saturated rings. The zero-order valence-corrected chi connectivity index (χ0v) is 21.8. The van der Waals surface area contributed by atoms with Crippen LogP contribution in [-0.4, -0.2) is 86.7 Å². The highest BCUT2D eigenvalue weighted by Crippen LogP contribution is 2.28. The summed E-state index contributed by atoms with van der Waals surface area (Å²) in [7, 11) is 0. The number of guanidine groups is 1. The van der Waals surface area contributed by atoms with Gasteiger partial charge in [-0.25, -0.2) is 0 Å². The van der Waals surface area contributed by atoms with E-state index in [-0.39, 0.29) is 24.0 Å². The van der Waals surface area contributed by atoms with Crippen LogP contribution in [0.25, 0.3) is 0 Å². The molecule has 8 heteroatoms. The average molecular weight is 550 g/mol. The minimum Gasteiger partial charge on any atom is -0.376 e. The fourth-order valence-corrected chi connectivity index (χ4v) is 4.55. The second kappa shape index (κ2) is 15.3. The first kappa shape index (κ1) is 26.6. The lowest BCUT2D eigenvalue weighted by Crippen LogP contribution is -2.51. The van der Waals surface area contributed by atoms with Crippen molar-refractivity contribution in [3.05, 3.63) is 0 Å². The number of amides is 1. The van der Waals surface area contributed by atoms with Gasteiger partial charge in [-0.2, -0.15) is 0 Å². The summed E-state index contributed by atoms with van der Waals surface area (Å²) in [6.45, 7) is 9.88. The molecule has 3 rings (SSSR count). The lowest BCUT2D eigenvalue weighted by atomic mass is 9.84. The highest BCUT2D eigenvalue weighted by Gasteiger charge is 2.30. The zero-order valence-electron chi connectivity index (χ0n) is 19.4. The zero-order chi connectivity index (χ0) is 21.0. The van der Waals surface area contributed by atoms with Gasteiger partial charge >= 0.3 is 0 Å². The number of carbonyl (C=O) groups excluding carboxylic acids is 1. The molecule has 31 heavy (non-hydrogen) atoms. The van der Waals surface area contributed by atoms with Crippen LogP contribution in [0.2, 0.25) is 0 Å². The SMILES string of the molecule is CCNC(=NCCN1CCN(C(=O)C2CCC2)CC1)NCCOC1CCCCCC1.I. The molecule has 0 aromatic carbocycles. The average Bonchev–Trinajstić information content (AvgIpc) is 2.99. The molecule has 2 N–H and O–H groups in total. The predicted molar refractivity (Wildman–Crippen MR) is 137 cm³/mol. The molecule has 180 valence electrons. The number of nitrogens with one attached hydrogen (secondary N) is 2. The number of ether oxygens (including phenoxy) is 1. The topological polar surface area (TPSA) is 69.2 Å². The van der Waals surface area contributed by atoms with Gasteiger partial charge in [-0.3, -0.25) is 14.7 Å². The third-order valence-electron chi connectivity index (χ3n) is 6.72. The monoisotopic (exact) mass is 549 g/mol. The number of nitrogens with zero attached hydrogens (tertiary/aromatic N) is 3.